The van der Waals surface area contributed by atoms with E-state index in [4.69, 9.17) is 0 Å². The predicted octanol–water partition coefficient (Wildman–Crippen LogP) is 3.85. The van der Waals surface area contributed by atoms with Gasteiger partial charge in [0, 0.05) is 41.4 Å². The van der Waals surface area contributed by atoms with Crippen molar-refractivity contribution in [2.75, 3.05) is 16.8 Å². The van der Waals surface area contributed by atoms with Crippen molar-refractivity contribution in [2.24, 2.45) is 0 Å². The van der Waals surface area contributed by atoms with Crippen molar-refractivity contribution < 1.29 is 9.59 Å². The lowest BCUT2D eigenvalue weighted by Gasteiger charge is -2.18. The maximum Gasteiger partial charge on any atom is 0.258 e. The van der Waals surface area contributed by atoms with Gasteiger partial charge in [0.25, 0.3) is 11.8 Å². The Labute approximate surface area is 157 Å². The molecular formula is C22H19N3O2. The minimum atomic E-state index is -0.167. The molecule has 0 fully saturated rings. The highest BCUT2D eigenvalue weighted by Crippen LogP contribution is 2.32. The number of hydrogen-bond acceptors (Lipinski definition) is 3. The third-order valence-electron chi connectivity index (χ3n) is 4.72. The number of nitrogens with one attached hydrogen (secondary N) is 1. The Morgan fingerprint density at radius 1 is 0.963 bits per heavy atom. The van der Waals surface area contributed by atoms with E-state index >= 15 is 0 Å². The molecule has 1 aliphatic heterocycles. The number of carbonyl (C=O) groups is 2. The van der Waals surface area contributed by atoms with Crippen LogP contribution in [0.15, 0.2) is 67.0 Å². The average molecular weight is 357 g/mol. The van der Waals surface area contributed by atoms with Gasteiger partial charge in [0.15, 0.2) is 0 Å². The van der Waals surface area contributed by atoms with Crippen LogP contribution in [0.2, 0.25) is 0 Å². The van der Waals surface area contributed by atoms with Crippen LogP contribution in [0.1, 0.15) is 31.8 Å². The number of benzene rings is 2. The Bertz CT molecular complexity index is 998. The first-order valence-corrected chi connectivity index (χ1v) is 8.85. The Balaban J connectivity index is 1.57. The number of nitrogens with zero attached hydrogens (tertiary/aromatic N) is 2. The normalized spacial score (nSPS) is 12.6. The molecule has 0 saturated heterocycles. The summed E-state index contributed by atoms with van der Waals surface area (Å²) in [5, 5.41) is 2.92. The van der Waals surface area contributed by atoms with Crippen LogP contribution in [0.4, 0.5) is 11.4 Å². The van der Waals surface area contributed by atoms with Crippen LogP contribution >= 0.6 is 0 Å². The van der Waals surface area contributed by atoms with E-state index in [0.29, 0.717) is 23.4 Å². The molecule has 0 aliphatic carbocycles. The fourth-order valence-electron chi connectivity index (χ4n) is 3.23. The molecule has 4 rings (SSSR count). The molecule has 0 atom stereocenters. The van der Waals surface area contributed by atoms with Crippen LogP contribution in [0.25, 0.3) is 0 Å². The lowest BCUT2D eigenvalue weighted by molar-refractivity contribution is 0.0988. The molecule has 1 aliphatic rings. The van der Waals surface area contributed by atoms with E-state index in [-0.39, 0.29) is 11.8 Å². The van der Waals surface area contributed by atoms with Gasteiger partial charge < -0.3 is 10.2 Å². The Morgan fingerprint density at radius 2 is 1.70 bits per heavy atom. The van der Waals surface area contributed by atoms with Gasteiger partial charge in [-0.1, -0.05) is 23.8 Å². The second kappa shape index (κ2) is 7.03. The number of pyridine rings is 1. The number of rotatable bonds is 3. The van der Waals surface area contributed by atoms with Gasteiger partial charge in [-0.15, -0.1) is 0 Å². The van der Waals surface area contributed by atoms with Gasteiger partial charge in [0.1, 0.15) is 0 Å². The van der Waals surface area contributed by atoms with E-state index in [1.165, 1.54) is 0 Å². The molecule has 0 spiro atoms. The Kier molecular flexibility index (Phi) is 4.42. The molecule has 2 aromatic carbocycles. The molecule has 1 N–H and O–H groups in total. The van der Waals surface area contributed by atoms with Gasteiger partial charge in [-0.2, -0.15) is 0 Å². The Hall–Kier alpha value is -3.47. The lowest BCUT2D eigenvalue weighted by Crippen LogP contribution is -2.28. The van der Waals surface area contributed by atoms with Gasteiger partial charge in [-0.3, -0.25) is 14.6 Å². The van der Waals surface area contributed by atoms with Gasteiger partial charge >= 0.3 is 0 Å². The smallest absolute Gasteiger partial charge is 0.258 e. The van der Waals surface area contributed by atoms with Crippen LogP contribution in [-0.2, 0) is 6.42 Å². The third kappa shape index (κ3) is 3.44. The number of fused-ring (bicyclic) bond motifs is 1. The van der Waals surface area contributed by atoms with Crippen molar-refractivity contribution in [3.05, 3.63) is 89.2 Å². The second-order valence-electron chi connectivity index (χ2n) is 6.61. The molecule has 27 heavy (non-hydrogen) atoms. The zero-order chi connectivity index (χ0) is 18.8. The first-order chi connectivity index (χ1) is 13.1. The molecule has 134 valence electrons. The fraction of sp³-hybridized carbons (Fsp3) is 0.136. The molecule has 0 radical (unpaired) electrons. The zero-order valence-electron chi connectivity index (χ0n) is 15.0. The van der Waals surface area contributed by atoms with Crippen molar-refractivity contribution in [2.45, 2.75) is 13.3 Å². The molecule has 0 bridgehead atoms. The molecule has 2 amide bonds. The summed E-state index contributed by atoms with van der Waals surface area (Å²) in [6.07, 6.45) is 4.03. The minimum absolute atomic E-state index is 0.0573. The number of anilines is 2. The molecular weight excluding hydrogens is 338 g/mol. The third-order valence-corrected chi connectivity index (χ3v) is 4.72. The molecule has 5 nitrogen and oxygen atoms in total. The van der Waals surface area contributed by atoms with E-state index in [9.17, 15) is 9.59 Å². The topological polar surface area (TPSA) is 62.3 Å². The maximum atomic E-state index is 12.8. The monoisotopic (exact) mass is 357 g/mol. The number of aromatic nitrogens is 1. The summed E-state index contributed by atoms with van der Waals surface area (Å²) in [7, 11) is 0. The highest BCUT2D eigenvalue weighted by Gasteiger charge is 2.26. The van der Waals surface area contributed by atoms with E-state index in [1.54, 1.807) is 41.6 Å². The zero-order valence-corrected chi connectivity index (χ0v) is 15.0. The molecule has 5 heteroatoms. The number of carbonyl (C=O) groups excluding carboxylic acids is 2. The summed E-state index contributed by atoms with van der Waals surface area (Å²) in [5.41, 5.74) is 4.94. The molecule has 0 unspecified atom stereocenters. The van der Waals surface area contributed by atoms with E-state index in [0.717, 1.165) is 23.2 Å². The molecule has 1 aromatic heterocycles. The van der Waals surface area contributed by atoms with Crippen LogP contribution < -0.4 is 10.2 Å². The molecule has 3 aromatic rings. The van der Waals surface area contributed by atoms with Gasteiger partial charge in [0.05, 0.1) is 0 Å². The standard InChI is InChI=1S/C22H19N3O2/c1-15-2-4-17(5-3-15)21(26)24-19-7-6-16-10-13-25(20(16)14-19)22(27)18-8-11-23-12-9-18/h2-9,11-12,14H,10,13H2,1H3,(H,24,26). The Morgan fingerprint density at radius 3 is 2.44 bits per heavy atom. The van der Waals surface area contributed by atoms with E-state index in [2.05, 4.69) is 10.3 Å². The van der Waals surface area contributed by atoms with Crippen molar-refractivity contribution in [1.29, 1.82) is 0 Å². The predicted molar refractivity (Wildman–Crippen MR) is 105 cm³/mol. The summed E-state index contributed by atoms with van der Waals surface area (Å²) in [5.74, 6) is -0.224. The first kappa shape index (κ1) is 17.0. The quantitative estimate of drug-likeness (QED) is 0.774. The van der Waals surface area contributed by atoms with Crippen molar-refractivity contribution in [3.8, 4) is 0 Å². The van der Waals surface area contributed by atoms with Crippen LogP contribution in [0.3, 0.4) is 0 Å². The van der Waals surface area contributed by atoms with Crippen molar-refractivity contribution in [3.63, 3.8) is 0 Å². The number of aryl methyl sites for hydroxylation is 1. The van der Waals surface area contributed by atoms with Crippen LogP contribution in [-0.4, -0.2) is 23.3 Å². The maximum absolute atomic E-state index is 12.8. The minimum Gasteiger partial charge on any atom is -0.322 e. The molecule has 2 heterocycles. The highest BCUT2D eigenvalue weighted by molar-refractivity contribution is 6.08. The van der Waals surface area contributed by atoms with Gasteiger partial charge in [-0.05, 0) is 55.3 Å². The van der Waals surface area contributed by atoms with E-state index < -0.39 is 0 Å². The SMILES string of the molecule is Cc1ccc(C(=O)Nc2ccc3c(c2)N(C(=O)c2ccncc2)CC3)cc1. The fourth-order valence-corrected chi connectivity index (χ4v) is 3.23. The van der Waals surface area contributed by atoms with Crippen LogP contribution in [0, 0.1) is 6.92 Å². The molecule has 0 saturated carbocycles. The summed E-state index contributed by atoms with van der Waals surface area (Å²) < 4.78 is 0. The second-order valence-corrected chi connectivity index (χ2v) is 6.61. The summed E-state index contributed by atoms with van der Waals surface area (Å²) >= 11 is 0. The summed E-state index contributed by atoms with van der Waals surface area (Å²) in [6, 6.07) is 16.6. The number of hydrogen-bond donors (Lipinski definition) is 1. The van der Waals surface area contributed by atoms with Gasteiger partial charge in [-0.25, -0.2) is 0 Å². The highest BCUT2D eigenvalue weighted by atomic mass is 16.2. The van der Waals surface area contributed by atoms with E-state index in [1.807, 2.05) is 37.3 Å². The summed E-state index contributed by atoms with van der Waals surface area (Å²) in [4.78, 5) is 31.0. The van der Waals surface area contributed by atoms with Crippen LogP contribution in [0.5, 0.6) is 0 Å². The largest absolute Gasteiger partial charge is 0.322 e. The lowest BCUT2D eigenvalue weighted by atomic mass is 10.1. The van der Waals surface area contributed by atoms with Crippen molar-refractivity contribution >= 4 is 23.2 Å². The average Bonchev–Trinajstić information content (AvgIpc) is 3.12. The number of amides is 2. The first-order valence-electron chi connectivity index (χ1n) is 8.85. The summed E-state index contributed by atoms with van der Waals surface area (Å²) in [6.45, 7) is 2.61. The van der Waals surface area contributed by atoms with Crippen molar-refractivity contribution in [1.82, 2.24) is 4.98 Å². The van der Waals surface area contributed by atoms with Gasteiger partial charge in [0.2, 0.25) is 0 Å².